The number of nitrogens with zero attached hydrogens (tertiary/aromatic N) is 3. The molecule has 27 heavy (non-hydrogen) atoms. The maximum atomic E-state index is 13.5. The van der Waals surface area contributed by atoms with Gasteiger partial charge in [0.05, 0.1) is 28.5 Å². The Hall–Kier alpha value is -2.10. The van der Waals surface area contributed by atoms with E-state index in [4.69, 9.17) is 23.2 Å². The first-order chi connectivity index (χ1) is 12.7. The zero-order valence-corrected chi connectivity index (χ0v) is 15.9. The van der Waals surface area contributed by atoms with Gasteiger partial charge in [-0.3, -0.25) is 0 Å². The first-order valence-corrected chi connectivity index (χ1v) is 9.09. The Balaban J connectivity index is 2.06. The van der Waals surface area contributed by atoms with E-state index in [9.17, 15) is 18.0 Å². The molecule has 5 nitrogen and oxygen atoms in total. The molecule has 0 aliphatic heterocycles. The second-order valence-corrected chi connectivity index (χ2v) is 6.83. The van der Waals surface area contributed by atoms with Crippen LogP contribution in [-0.2, 0) is 10.9 Å². The quantitative estimate of drug-likeness (QED) is 0.507. The highest BCUT2D eigenvalue weighted by Crippen LogP contribution is 2.36. The third kappa shape index (κ3) is 3.95. The number of rotatable bonds is 4. The van der Waals surface area contributed by atoms with Crippen molar-refractivity contribution in [3.8, 4) is 16.4 Å². The molecular weight excluding hydrogens is 426 g/mol. The van der Waals surface area contributed by atoms with Crippen LogP contribution >= 0.6 is 34.5 Å². The van der Waals surface area contributed by atoms with E-state index in [1.807, 2.05) is 0 Å². The Morgan fingerprint density at radius 2 is 2.04 bits per heavy atom. The summed E-state index contributed by atoms with van der Waals surface area (Å²) in [6.45, 7) is 1.44. The van der Waals surface area contributed by atoms with Crippen LogP contribution in [0.1, 0.15) is 23.0 Å². The van der Waals surface area contributed by atoms with Crippen LogP contribution in [0.15, 0.2) is 29.8 Å². The van der Waals surface area contributed by atoms with E-state index < -0.39 is 23.4 Å². The number of benzene rings is 1. The van der Waals surface area contributed by atoms with Gasteiger partial charge >= 0.3 is 12.1 Å². The minimum absolute atomic E-state index is 0.0555. The predicted molar refractivity (Wildman–Crippen MR) is 95.7 cm³/mol. The summed E-state index contributed by atoms with van der Waals surface area (Å²) in [7, 11) is 0. The molecule has 3 aromatic rings. The molecule has 0 fully saturated rings. The molecule has 0 radical (unpaired) electrons. The third-order valence-corrected chi connectivity index (χ3v) is 4.98. The summed E-state index contributed by atoms with van der Waals surface area (Å²) >= 11 is 12.8. The van der Waals surface area contributed by atoms with E-state index in [0.717, 1.165) is 17.5 Å². The van der Waals surface area contributed by atoms with Gasteiger partial charge in [0.1, 0.15) is 5.56 Å². The summed E-state index contributed by atoms with van der Waals surface area (Å²) in [5.74, 6) is -1.10. The summed E-state index contributed by atoms with van der Waals surface area (Å²) in [6, 6.07) is 4.76. The zero-order valence-electron chi connectivity index (χ0n) is 13.6. The van der Waals surface area contributed by atoms with Crippen molar-refractivity contribution < 1.29 is 22.7 Å². The summed E-state index contributed by atoms with van der Waals surface area (Å²) < 4.78 is 45.9. The van der Waals surface area contributed by atoms with Crippen molar-refractivity contribution >= 4 is 40.5 Å². The minimum atomic E-state index is -4.83. The second-order valence-electron chi connectivity index (χ2n) is 5.18. The normalized spacial score (nSPS) is 11.6. The van der Waals surface area contributed by atoms with Crippen LogP contribution in [0.25, 0.3) is 16.4 Å². The van der Waals surface area contributed by atoms with E-state index in [0.29, 0.717) is 26.0 Å². The number of carbonyl (C=O) groups excluding carboxylic acids is 1. The van der Waals surface area contributed by atoms with Crippen molar-refractivity contribution in [2.45, 2.75) is 13.1 Å². The number of esters is 1. The average molecular weight is 436 g/mol. The summed E-state index contributed by atoms with van der Waals surface area (Å²) in [6.07, 6.45) is -4.00. The van der Waals surface area contributed by atoms with Crippen LogP contribution in [0.5, 0.6) is 0 Å². The van der Waals surface area contributed by atoms with Gasteiger partial charge in [0.15, 0.2) is 5.69 Å². The van der Waals surface area contributed by atoms with Gasteiger partial charge in [-0.1, -0.05) is 29.3 Å². The summed E-state index contributed by atoms with van der Waals surface area (Å²) in [4.78, 5) is 16.0. The molecule has 2 heterocycles. The molecule has 0 spiro atoms. The fourth-order valence-electron chi connectivity index (χ4n) is 2.27. The highest BCUT2D eigenvalue weighted by molar-refractivity contribution is 7.12. The van der Waals surface area contributed by atoms with E-state index in [1.165, 1.54) is 6.92 Å². The Morgan fingerprint density at radius 1 is 1.30 bits per heavy atom. The van der Waals surface area contributed by atoms with E-state index in [-0.39, 0.29) is 11.7 Å². The smallest absolute Gasteiger partial charge is 0.434 e. The molecular formula is C16H10Cl2F3N3O2S. The lowest BCUT2D eigenvalue weighted by atomic mass is 10.2. The monoisotopic (exact) mass is 435 g/mol. The highest BCUT2D eigenvalue weighted by Gasteiger charge is 2.41. The van der Waals surface area contributed by atoms with Crippen LogP contribution < -0.4 is 0 Å². The van der Waals surface area contributed by atoms with Crippen LogP contribution in [0.2, 0.25) is 10.0 Å². The van der Waals surface area contributed by atoms with Gasteiger partial charge in [0.2, 0.25) is 5.13 Å². The lowest BCUT2D eigenvalue weighted by Crippen LogP contribution is -2.18. The van der Waals surface area contributed by atoms with Crippen LogP contribution in [-0.4, -0.2) is 27.3 Å². The Bertz CT molecular complexity index is 1000. The summed E-state index contributed by atoms with van der Waals surface area (Å²) in [5.41, 5.74) is -0.931. The first kappa shape index (κ1) is 19.7. The molecule has 11 heteroatoms. The van der Waals surface area contributed by atoms with Gasteiger partial charge < -0.3 is 4.74 Å². The van der Waals surface area contributed by atoms with E-state index in [2.05, 4.69) is 14.8 Å². The molecule has 0 atom stereocenters. The SMILES string of the molecule is CCOC(=O)c1cnn(-c2nc(-c3ccc(Cl)c(Cl)c3)cs2)c1C(F)(F)F. The van der Waals surface area contributed by atoms with Crippen molar-refractivity contribution in [1.29, 1.82) is 0 Å². The molecule has 0 aliphatic rings. The van der Waals surface area contributed by atoms with Gasteiger partial charge in [0, 0.05) is 10.9 Å². The van der Waals surface area contributed by atoms with Gasteiger partial charge in [-0.25, -0.2) is 14.5 Å². The van der Waals surface area contributed by atoms with E-state index >= 15 is 0 Å². The van der Waals surface area contributed by atoms with Crippen molar-refractivity contribution in [2.75, 3.05) is 6.61 Å². The predicted octanol–water partition coefficient (Wildman–Crippen LogP) is 5.50. The van der Waals surface area contributed by atoms with Gasteiger partial charge in [0.25, 0.3) is 0 Å². The van der Waals surface area contributed by atoms with Crippen molar-refractivity contribution in [1.82, 2.24) is 14.8 Å². The Labute approximate surface area is 165 Å². The molecule has 0 aliphatic carbocycles. The molecule has 0 saturated carbocycles. The van der Waals surface area contributed by atoms with Crippen molar-refractivity contribution in [2.24, 2.45) is 0 Å². The number of aromatic nitrogens is 3. The molecule has 0 saturated heterocycles. The summed E-state index contributed by atoms with van der Waals surface area (Å²) in [5, 5.41) is 5.83. The zero-order chi connectivity index (χ0) is 19.8. The number of thiazole rings is 1. The average Bonchev–Trinajstić information content (AvgIpc) is 3.23. The maximum Gasteiger partial charge on any atom is 0.434 e. The molecule has 142 valence electrons. The molecule has 2 aromatic heterocycles. The largest absolute Gasteiger partial charge is 0.462 e. The second kappa shape index (κ2) is 7.49. The molecule has 0 N–H and O–H groups in total. The lowest BCUT2D eigenvalue weighted by Gasteiger charge is -2.10. The Kier molecular flexibility index (Phi) is 5.45. The number of hydrogen-bond acceptors (Lipinski definition) is 5. The first-order valence-electron chi connectivity index (χ1n) is 7.46. The van der Waals surface area contributed by atoms with Crippen LogP contribution in [0.4, 0.5) is 13.2 Å². The number of carbonyl (C=O) groups is 1. The molecule has 3 rings (SSSR count). The topological polar surface area (TPSA) is 57.0 Å². The van der Waals surface area contributed by atoms with E-state index in [1.54, 1.807) is 23.6 Å². The van der Waals surface area contributed by atoms with Crippen LogP contribution in [0, 0.1) is 0 Å². The fourth-order valence-corrected chi connectivity index (χ4v) is 3.37. The number of hydrogen-bond donors (Lipinski definition) is 0. The van der Waals surface area contributed by atoms with Gasteiger partial charge in [-0.05, 0) is 19.1 Å². The lowest BCUT2D eigenvalue weighted by molar-refractivity contribution is -0.143. The maximum absolute atomic E-state index is 13.5. The molecule has 0 amide bonds. The molecule has 0 unspecified atom stereocenters. The highest BCUT2D eigenvalue weighted by atomic mass is 35.5. The number of alkyl halides is 3. The standard InChI is InChI=1S/C16H10Cl2F3N3O2S/c1-2-26-14(25)9-6-22-24(13(9)16(19,20)21)15-23-12(7-27-15)8-3-4-10(17)11(18)5-8/h3-7H,2H2,1H3. The van der Waals surface area contributed by atoms with Crippen LogP contribution in [0.3, 0.4) is 0 Å². The van der Waals surface area contributed by atoms with Crippen molar-refractivity contribution in [3.05, 3.63) is 51.1 Å². The molecule has 1 aromatic carbocycles. The number of halogens is 5. The van der Waals surface area contributed by atoms with Gasteiger partial charge in [-0.15, -0.1) is 11.3 Å². The van der Waals surface area contributed by atoms with Crippen molar-refractivity contribution in [3.63, 3.8) is 0 Å². The fraction of sp³-hybridized carbons (Fsp3) is 0.188. The minimum Gasteiger partial charge on any atom is -0.462 e. The third-order valence-electron chi connectivity index (χ3n) is 3.42. The Morgan fingerprint density at radius 3 is 2.67 bits per heavy atom. The molecule has 0 bridgehead atoms. The van der Waals surface area contributed by atoms with Gasteiger partial charge in [-0.2, -0.15) is 18.3 Å². The number of ether oxygens (including phenoxy) is 1.